The van der Waals surface area contributed by atoms with Crippen molar-refractivity contribution in [1.82, 2.24) is 15.4 Å². The van der Waals surface area contributed by atoms with Crippen LogP contribution < -0.4 is 15.2 Å². The Morgan fingerprint density at radius 2 is 1.83 bits per heavy atom. The number of nitrogens with one attached hydrogen (secondary N) is 1. The number of methoxy groups -OCH3 is 1. The largest absolute Gasteiger partial charge is 0.497 e. The second-order valence-electron chi connectivity index (χ2n) is 5.47. The number of rotatable bonds is 3. The lowest BCUT2D eigenvalue weighted by atomic mass is 10.0. The number of aliphatic hydroxyl groups is 1. The van der Waals surface area contributed by atoms with Gasteiger partial charge in [-0.3, -0.25) is 0 Å². The zero-order valence-corrected chi connectivity index (χ0v) is 13.6. The molecule has 2 N–H and O–H groups in total. The molecule has 2 aromatic rings. The number of nitriles is 1. The molecule has 24 heavy (non-hydrogen) atoms. The standard InChI is InChI=1S/C17H17N5O2/c1-10-8-11(2)20-17(19-10)22-16(23)14(9-18)15(21-22)12-4-6-13(24-3)7-5-12/h4-8,15,21,23H,1-3H3/t15-/m1/s1. The highest BCUT2D eigenvalue weighted by atomic mass is 16.5. The summed E-state index contributed by atoms with van der Waals surface area (Å²) >= 11 is 0. The molecule has 0 bridgehead atoms. The number of nitrogens with zero attached hydrogens (tertiary/aromatic N) is 4. The van der Waals surface area contributed by atoms with Crippen molar-refractivity contribution in [3.63, 3.8) is 0 Å². The van der Waals surface area contributed by atoms with Crippen LogP contribution in [0.4, 0.5) is 5.95 Å². The topological polar surface area (TPSA) is 94.3 Å². The van der Waals surface area contributed by atoms with Gasteiger partial charge < -0.3 is 9.84 Å². The molecule has 1 aromatic heterocycles. The monoisotopic (exact) mass is 323 g/mol. The fourth-order valence-electron chi connectivity index (χ4n) is 2.62. The third-order valence-electron chi connectivity index (χ3n) is 3.74. The number of hydrogen-bond acceptors (Lipinski definition) is 7. The molecule has 2 heterocycles. The summed E-state index contributed by atoms with van der Waals surface area (Å²) in [6.07, 6.45) is 0. The highest BCUT2D eigenvalue weighted by Gasteiger charge is 2.35. The first kappa shape index (κ1) is 15.8. The zero-order chi connectivity index (χ0) is 17.3. The average Bonchev–Trinajstić information content (AvgIpc) is 2.90. The molecule has 0 unspecified atom stereocenters. The van der Waals surface area contributed by atoms with Crippen LogP contribution in [-0.4, -0.2) is 22.2 Å². The van der Waals surface area contributed by atoms with Gasteiger partial charge in [0.1, 0.15) is 17.4 Å². The van der Waals surface area contributed by atoms with Gasteiger partial charge in [-0.15, -0.1) is 0 Å². The van der Waals surface area contributed by atoms with Crippen LogP contribution in [-0.2, 0) is 0 Å². The minimum absolute atomic E-state index is 0.191. The van der Waals surface area contributed by atoms with E-state index >= 15 is 0 Å². The van der Waals surface area contributed by atoms with E-state index in [2.05, 4.69) is 21.5 Å². The van der Waals surface area contributed by atoms with E-state index in [1.54, 1.807) is 19.2 Å². The predicted molar refractivity (Wildman–Crippen MR) is 88.1 cm³/mol. The number of benzene rings is 1. The van der Waals surface area contributed by atoms with Gasteiger partial charge in [0.15, 0.2) is 0 Å². The molecular formula is C17H17N5O2. The Hall–Kier alpha value is -3.11. The summed E-state index contributed by atoms with van der Waals surface area (Å²) < 4.78 is 5.15. The molecule has 7 nitrogen and oxygen atoms in total. The predicted octanol–water partition coefficient (Wildman–Crippen LogP) is 2.46. The minimum Gasteiger partial charge on any atom is -0.497 e. The van der Waals surface area contributed by atoms with Crippen LogP contribution in [0.15, 0.2) is 41.8 Å². The highest BCUT2D eigenvalue weighted by molar-refractivity contribution is 5.51. The first-order chi connectivity index (χ1) is 11.5. The average molecular weight is 323 g/mol. The lowest BCUT2D eigenvalue weighted by Crippen LogP contribution is -2.35. The summed E-state index contributed by atoms with van der Waals surface area (Å²) in [5.74, 6) is 0.829. The summed E-state index contributed by atoms with van der Waals surface area (Å²) in [4.78, 5) is 8.64. The quantitative estimate of drug-likeness (QED) is 0.896. The number of aliphatic hydroxyl groups excluding tert-OH is 1. The molecule has 1 atom stereocenters. The molecule has 3 rings (SSSR count). The molecule has 1 aliphatic rings. The van der Waals surface area contributed by atoms with Gasteiger partial charge in [0.05, 0.1) is 13.2 Å². The Balaban J connectivity index is 1.98. The van der Waals surface area contributed by atoms with Crippen LogP contribution in [0, 0.1) is 25.2 Å². The van der Waals surface area contributed by atoms with Gasteiger partial charge >= 0.3 is 0 Å². The summed E-state index contributed by atoms with van der Waals surface area (Å²) in [5.41, 5.74) is 5.68. The van der Waals surface area contributed by atoms with E-state index in [4.69, 9.17) is 4.74 Å². The van der Waals surface area contributed by atoms with Crippen LogP contribution in [0.25, 0.3) is 0 Å². The van der Waals surface area contributed by atoms with E-state index < -0.39 is 6.04 Å². The van der Waals surface area contributed by atoms with Gasteiger partial charge in [-0.05, 0) is 37.6 Å². The van der Waals surface area contributed by atoms with Crippen molar-refractivity contribution in [3.05, 3.63) is 58.7 Å². The number of aromatic nitrogens is 2. The van der Waals surface area contributed by atoms with E-state index in [-0.39, 0.29) is 11.5 Å². The number of anilines is 1. The molecule has 122 valence electrons. The Labute approximate surface area is 139 Å². The highest BCUT2D eigenvalue weighted by Crippen LogP contribution is 2.33. The molecule has 0 amide bonds. The maximum Gasteiger partial charge on any atom is 0.247 e. The van der Waals surface area contributed by atoms with Crippen LogP contribution in [0.2, 0.25) is 0 Å². The fourth-order valence-corrected chi connectivity index (χ4v) is 2.62. The molecule has 0 fully saturated rings. The van der Waals surface area contributed by atoms with Crippen molar-refractivity contribution in [2.24, 2.45) is 0 Å². The van der Waals surface area contributed by atoms with Gasteiger partial charge in [-0.2, -0.15) is 5.26 Å². The van der Waals surface area contributed by atoms with Crippen molar-refractivity contribution in [3.8, 4) is 11.8 Å². The van der Waals surface area contributed by atoms with E-state index in [1.165, 1.54) is 5.01 Å². The van der Waals surface area contributed by atoms with Crippen LogP contribution in [0.3, 0.4) is 0 Å². The number of hydrogen-bond donors (Lipinski definition) is 2. The van der Waals surface area contributed by atoms with E-state index in [0.717, 1.165) is 22.7 Å². The lowest BCUT2D eigenvalue weighted by molar-refractivity contribution is 0.385. The van der Waals surface area contributed by atoms with Crippen LogP contribution >= 0.6 is 0 Å². The second-order valence-corrected chi connectivity index (χ2v) is 5.47. The molecule has 0 aliphatic carbocycles. The molecule has 1 aromatic carbocycles. The maximum absolute atomic E-state index is 10.4. The Kier molecular flexibility index (Phi) is 4.06. The Bertz CT molecular complexity index is 819. The first-order valence-corrected chi connectivity index (χ1v) is 7.39. The normalized spacial score (nSPS) is 17.1. The molecule has 0 spiro atoms. The van der Waals surface area contributed by atoms with Gasteiger partial charge in [0.2, 0.25) is 11.8 Å². The first-order valence-electron chi connectivity index (χ1n) is 7.39. The van der Waals surface area contributed by atoms with E-state index in [1.807, 2.05) is 32.0 Å². The zero-order valence-electron chi connectivity index (χ0n) is 13.6. The minimum atomic E-state index is -0.481. The molecular weight excluding hydrogens is 306 g/mol. The van der Waals surface area contributed by atoms with E-state index in [0.29, 0.717) is 5.95 Å². The van der Waals surface area contributed by atoms with Gasteiger partial charge in [-0.1, -0.05) is 12.1 Å². The van der Waals surface area contributed by atoms with Crippen molar-refractivity contribution >= 4 is 5.95 Å². The SMILES string of the molecule is COc1ccc([C@H]2NN(c3nc(C)cc(C)n3)C(O)=C2C#N)cc1. The Morgan fingerprint density at radius 1 is 1.21 bits per heavy atom. The summed E-state index contributed by atoms with van der Waals surface area (Å²) in [7, 11) is 1.59. The van der Waals surface area contributed by atoms with Crippen molar-refractivity contribution in [2.45, 2.75) is 19.9 Å². The van der Waals surface area contributed by atoms with Gasteiger partial charge in [0, 0.05) is 11.4 Å². The molecule has 0 saturated heterocycles. The van der Waals surface area contributed by atoms with Crippen molar-refractivity contribution in [2.75, 3.05) is 12.1 Å². The fraction of sp³-hybridized carbons (Fsp3) is 0.235. The third-order valence-corrected chi connectivity index (χ3v) is 3.74. The Morgan fingerprint density at radius 3 is 2.38 bits per heavy atom. The number of hydrazine groups is 1. The van der Waals surface area contributed by atoms with Crippen LogP contribution in [0.1, 0.15) is 23.0 Å². The van der Waals surface area contributed by atoms with Gasteiger partial charge in [0.25, 0.3) is 0 Å². The summed E-state index contributed by atoms with van der Waals surface area (Å²) in [6.45, 7) is 3.70. The third kappa shape index (κ3) is 2.75. The van der Waals surface area contributed by atoms with Crippen LogP contribution in [0.5, 0.6) is 5.75 Å². The molecule has 7 heteroatoms. The van der Waals surface area contributed by atoms with Crippen molar-refractivity contribution < 1.29 is 9.84 Å². The molecule has 0 radical (unpaired) electrons. The maximum atomic E-state index is 10.4. The summed E-state index contributed by atoms with van der Waals surface area (Å²) in [6, 6.07) is 10.7. The lowest BCUT2D eigenvalue weighted by Gasteiger charge is -2.19. The van der Waals surface area contributed by atoms with Crippen molar-refractivity contribution in [1.29, 1.82) is 5.26 Å². The number of aryl methyl sites for hydroxylation is 2. The second kappa shape index (κ2) is 6.18. The molecule has 0 saturated carbocycles. The number of ether oxygens (including phenoxy) is 1. The van der Waals surface area contributed by atoms with Gasteiger partial charge in [-0.25, -0.2) is 20.4 Å². The van der Waals surface area contributed by atoms with E-state index in [9.17, 15) is 10.4 Å². The smallest absolute Gasteiger partial charge is 0.247 e. The molecule has 1 aliphatic heterocycles. The summed E-state index contributed by atoms with van der Waals surface area (Å²) in [5, 5.41) is 21.2.